The van der Waals surface area contributed by atoms with Crippen LogP contribution in [0, 0.1) is 0 Å². The summed E-state index contributed by atoms with van der Waals surface area (Å²) in [4.78, 5) is 30.7. The fourth-order valence-corrected chi connectivity index (χ4v) is 3.56. The molecule has 1 aliphatic rings. The van der Waals surface area contributed by atoms with E-state index in [0.29, 0.717) is 24.5 Å². The minimum Gasteiger partial charge on any atom is -0.482 e. The lowest BCUT2D eigenvalue weighted by atomic mass is 9.86. The predicted octanol–water partition coefficient (Wildman–Crippen LogP) is 3.51. The van der Waals surface area contributed by atoms with E-state index in [1.54, 1.807) is 10.3 Å². The normalized spacial score (nSPS) is 13.9. The largest absolute Gasteiger partial charge is 0.482 e. The Morgan fingerprint density at radius 3 is 2.85 bits per heavy atom. The Kier molecular flexibility index (Phi) is 5.51. The van der Waals surface area contributed by atoms with Gasteiger partial charge in [-0.3, -0.25) is 14.5 Å². The monoisotopic (exact) mass is 387 g/mol. The van der Waals surface area contributed by atoms with Crippen molar-refractivity contribution in [3.8, 4) is 5.75 Å². The lowest BCUT2D eigenvalue weighted by Crippen LogP contribution is -2.38. The molecule has 1 N–H and O–H groups in total. The number of rotatable bonds is 5. The first-order chi connectivity index (χ1) is 12.8. The zero-order valence-electron chi connectivity index (χ0n) is 16.2. The fourth-order valence-electron chi connectivity index (χ4n) is 2.79. The van der Waals surface area contributed by atoms with Crippen molar-refractivity contribution >= 4 is 28.8 Å². The van der Waals surface area contributed by atoms with Gasteiger partial charge in [0.05, 0.1) is 12.2 Å². The molecule has 144 valence electrons. The molecule has 0 aliphatic carbocycles. The molecule has 0 atom stereocenters. The van der Waals surface area contributed by atoms with E-state index in [1.807, 2.05) is 25.1 Å². The molecule has 1 aromatic carbocycles. The van der Waals surface area contributed by atoms with Gasteiger partial charge in [-0.15, -0.1) is 11.3 Å². The van der Waals surface area contributed by atoms with E-state index in [0.717, 1.165) is 22.7 Å². The average molecular weight is 388 g/mol. The van der Waals surface area contributed by atoms with E-state index >= 15 is 0 Å². The van der Waals surface area contributed by atoms with E-state index in [2.05, 4.69) is 31.1 Å². The lowest BCUT2D eigenvalue weighted by molar-refractivity contribution is -0.121. The fraction of sp³-hybridized carbons (Fsp3) is 0.450. The first-order valence-electron chi connectivity index (χ1n) is 9.10. The molecule has 0 spiro atoms. The first-order valence-corrected chi connectivity index (χ1v) is 9.98. The molecule has 1 aromatic heterocycles. The lowest BCUT2D eigenvalue weighted by Gasteiger charge is -2.30. The third kappa shape index (κ3) is 4.30. The maximum atomic E-state index is 12.5. The van der Waals surface area contributed by atoms with Crippen LogP contribution >= 0.6 is 11.3 Å². The third-order valence-electron chi connectivity index (χ3n) is 4.38. The summed E-state index contributed by atoms with van der Waals surface area (Å²) in [5.74, 6) is 0.406. The van der Waals surface area contributed by atoms with Gasteiger partial charge in [-0.2, -0.15) is 0 Å². The number of nitrogens with zero attached hydrogens (tertiary/aromatic N) is 2. The number of thiazole rings is 1. The molecular weight excluding hydrogens is 362 g/mol. The second-order valence-corrected chi connectivity index (χ2v) is 8.53. The molecular formula is C20H25N3O3S. The number of hydrogen-bond donors (Lipinski definition) is 1. The molecule has 0 bridgehead atoms. The summed E-state index contributed by atoms with van der Waals surface area (Å²) in [5.41, 5.74) is 2.24. The number of carbonyl (C=O) groups excluding carboxylic acids is 2. The Hall–Kier alpha value is -2.41. The third-order valence-corrected chi connectivity index (χ3v) is 5.21. The van der Waals surface area contributed by atoms with Gasteiger partial charge in [-0.25, -0.2) is 4.98 Å². The van der Waals surface area contributed by atoms with Gasteiger partial charge in [-0.05, 0) is 29.5 Å². The second-order valence-electron chi connectivity index (χ2n) is 7.58. The van der Waals surface area contributed by atoms with Crippen molar-refractivity contribution in [3.63, 3.8) is 0 Å². The number of fused-ring (bicyclic) bond motifs is 1. The van der Waals surface area contributed by atoms with Crippen molar-refractivity contribution in [2.45, 2.75) is 46.1 Å². The van der Waals surface area contributed by atoms with Gasteiger partial charge in [0.2, 0.25) is 0 Å². The molecule has 3 rings (SSSR count). The maximum absolute atomic E-state index is 12.5. The molecule has 0 unspecified atom stereocenters. The van der Waals surface area contributed by atoms with Gasteiger partial charge < -0.3 is 10.1 Å². The van der Waals surface area contributed by atoms with Gasteiger partial charge in [-0.1, -0.05) is 33.8 Å². The summed E-state index contributed by atoms with van der Waals surface area (Å²) < 4.78 is 5.59. The number of anilines is 1. The van der Waals surface area contributed by atoms with Gasteiger partial charge >= 0.3 is 0 Å². The highest BCUT2D eigenvalue weighted by Gasteiger charge is 2.28. The van der Waals surface area contributed by atoms with Crippen LogP contribution in [0.3, 0.4) is 0 Å². The van der Waals surface area contributed by atoms with Gasteiger partial charge in [0, 0.05) is 11.9 Å². The molecule has 0 radical (unpaired) electrons. The van der Waals surface area contributed by atoms with Crippen LogP contribution in [0.15, 0.2) is 23.6 Å². The van der Waals surface area contributed by atoms with E-state index in [4.69, 9.17) is 4.74 Å². The van der Waals surface area contributed by atoms with Crippen LogP contribution in [0.4, 0.5) is 5.69 Å². The summed E-state index contributed by atoms with van der Waals surface area (Å²) in [6.07, 6.45) is 0.873. The minimum atomic E-state index is -0.178. The van der Waals surface area contributed by atoms with Crippen LogP contribution in [0.25, 0.3) is 0 Å². The molecule has 1 aliphatic heterocycles. The van der Waals surface area contributed by atoms with Crippen molar-refractivity contribution in [1.82, 2.24) is 10.3 Å². The predicted molar refractivity (Wildman–Crippen MR) is 107 cm³/mol. The van der Waals surface area contributed by atoms with Crippen LogP contribution in [-0.2, 0) is 16.8 Å². The second kappa shape index (κ2) is 7.68. The van der Waals surface area contributed by atoms with Crippen molar-refractivity contribution in [1.29, 1.82) is 0 Å². The first kappa shape index (κ1) is 19.4. The standard InChI is InChI=1S/C20H25N3O3S/c1-5-8-21-19(25)14-12-27-17(22-14)10-23-15-9-13(20(2,3)4)6-7-16(15)26-11-18(23)24/h6-7,9,12H,5,8,10-11H2,1-4H3,(H,21,25). The SMILES string of the molecule is CCCNC(=O)c1csc(CN2C(=O)COc3ccc(C(C)(C)C)cc32)n1. The van der Waals surface area contributed by atoms with Crippen molar-refractivity contribution in [2.24, 2.45) is 0 Å². The Labute approximate surface area is 163 Å². The van der Waals surface area contributed by atoms with Gasteiger partial charge in [0.25, 0.3) is 11.8 Å². The van der Waals surface area contributed by atoms with Crippen molar-refractivity contribution in [2.75, 3.05) is 18.1 Å². The zero-order valence-corrected chi connectivity index (χ0v) is 17.0. The van der Waals surface area contributed by atoms with E-state index in [9.17, 15) is 9.59 Å². The maximum Gasteiger partial charge on any atom is 0.270 e. The Balaban J connectivity index is 1.85. The van der Waals surface area contributed by atoms with Crippen molar-refractivity contribution in [3.05, 3.63) is 39.8 Å². The molecule has 0 fully saturated rings. The number of nitrogens with one attached hydrogen (secondary N) is 1. The van der Waals surface area contributed by atoms with Crippen LogP contribution in [0.1, 0.15) is 55.2 Å². The van der Waals surface area contributed by atoms with Gasteiger partial charge in [0.1, 0.15) is 16.5 Å². The summed E-state index contributed by atoms with van der Waals surface area (Å²) in [6.45, 7) is 9.36. The Morgan fingerprint density at radius 2 is 2.15 bits per heavy atom. The summed E-state index contributed by atoms with van der Waals surface area (Å²) in [7, 11) is 0. The minimum absolute atomic E-state index is 0.0110. The van der Waals surface area contributed by atoms with Crippen LogP contribution < -0.4 is 15.0 Å². The van der Waals surface area contributed by atoms with Crippen LogP contribution in [0.2, 0.25) is 0 Å². The van der Waals surface area contributed by atoms with Crippen LogP contribution in [-0.4, -0.2) is 29.9 Å². The van der Waals surface area contributed by atoms with E-state index in [1.165, 1.54) is 11.3 Å². The highest BCUT2D eigenvalue weighted by molar-refractivity contribution is 7.09. The molecule has 6 nitrogen and oxygen atoms in total. The number of ether oxygens (including phenoxy) is 1. The quantitative estimate of drug-likeness (QED) is 0.852. The average Bonchev–Trinajstić information content (AvgIpc) is 3.09. The van der Waals surface area contributed by atoms with E-state index in [-0.39, 0.29) is 23.8 Å². The summed E-state index contributed by atoms with van der Waals surface area (Å²) in [6, 6.07) is 5.96. The molecule has 0 saturated heterocycles. The number of carbonyl (C=O) groups is 2. The smallest absolute Gasteiger partial charge is 0.270 e. The highest BCUT2D eigenvalue weighted by atomic mass is 32.1. The Bertz CT molecular complexity index is 854. The Morgan fingerprint density at radius 1 is 1.37 bits per heavy atom. The molecule has 2 heterocycles. The van der Waals surface area contributed by atoms with Crippen LogP contribution in [0.5, 0.6) is 5.75 Å². The number of amides is 2. The molecule has 0 saturated carbocycles. The summed E-state index contributed by atoms with van der Waals surface area (Å²) >= 11 is 1.38. The molecule has 27 heavy (non-hydrogen) atoms. The topological polar surface area (TPSA) is 71.5 Å². The van der Waals surface area contributed by atoms with Crippen molar-refractivity contribution < 1.29 is 14.3 Å². The highest BCUT2D eigenvalue weighted by Crippen LogP contribution is 2.37. The summed E-state index contributed by atoms with van der Waals surface area (Å²) in [5, 5.41) is 5.27. The molecule has 2 amide bonds. The number of aromatic nitrogens is 1. The van der Waals surface area contributed by atoms with E-state index < -0.39 is 0 Å². The zero-order chi connectivity index (χ0) is 19.6. The molecule has 2 aromatic rings. The number of benzene rings is 1. The number of hydrogen-bond acceptors (Lipinski definition) is 5. The molecule has 7 heteroatoms. The van der Waals surface area contributed by atoms with Gasteiger partial charge in [0.15, 0.2) is 6.61 Å².